The highest BCUT2D eigenvalue weighted by molar-refractivity contribution is 5.93. The molecule has 1 rings (SSSR count). The maximum absolute atomic E-state index is 11.9. The van der Waals surface area contributed by atoms with Crippen molar-refractivity contribution in [1.29, 1.82) is 0 Å². The maximum atomic E-state index is 11.9. The van der Waals surface area contributed by atoms with Gasteiger partial charge in [0.15, 0.2) is 0 Å². The lowest BCUT2D eigenvalue weighted by Gasteiger charge is -2.09. The first kappa shape index (κ1) is 14.3. The van der Waals surface area contributed by atoms with Crippen molar-refractivity contribution in [2.75, 3.05) is 18.4 Å². The van der Waals surface area contributed by atoms with Crippen molar-refractivity contribution in [3.8, 4) is 0 Å². The average Bonchev–Trinajstić information content (AvgIpc) is 2.28. The van der Waals surface area contributed by atoms with E-state index in [4.69, 9.17) is 0 Å². The summed E-state index contributed by atoms with van der Waals surface area (Å²) in [7, 11) is 0. The van der Waals surface area contributed by atoms with Crippen LogP contribution in [0.1, 0.15) is 23.8 Å². The number of anilines is 1. The molecule has 1 aromatic rings. The largest absolute Gasteiger partial charge is 0.390 e. The number of halogens is 3. The van der Waals surface area contributed by atoms with E-state index in [0.717, 1.165) is 0 Å². The van der Waals surface area contributed by atoms with E-state index in [0.29, 0.717) is 12.2 Å². The standard InChI is InChI=1S/C11H14F3N3O/c1-2-15-10(18)9-7-8(3-5-17-9)16-6-4-11(12,13)14/h3,5,7H,2,4,6H2,1H3,(H,15,18)(H,16,17). The lowest BCUT2D eigenvalue weighted by Crippen LogP contribution is -2.23. The van der Waals surface area contributed by atoms with Crippen LogP contribution in [0.3, 0.4) is 0 Å². The minimum atomic E-state index is -4.19. The maximum Gasteiger partial charge on any atom is 0.390 e. The van der Waals surface area contributed by atoms with Crippen LogP contribution in [0, 0.1) is 0 Å². The molecule has 0 radical (unpaired) electrons. The molecule has 100 valence electrons. The first-order valence-electron chi connectivity index (χ1n) is 5.47. The van der Waals surface area contributed by atoms with E-state index >= 15 is 0 Å². The van der Waals surface area contributed by atoms with Gasteiger partial charge in [-0.1, -0.05) is 0 Å². The summed E-state index contributed by atoms with van der Waals surface area (Å²) in [6.45, 7) is 2.00. The number of nitrogens with zero attached hydrogens (tertiary/aromatic N) is 1. The van der Waals surface area contributed by atoms with Gasteiger partial charge in [-0.15, -0.1) is 0 Å². The van der Waals surface area contributed by atoms with E-state index in [9.17, 15) is 18.0 Å². The molecule has 0 aromatic carbocycles. The molecule has 18 heavy (non-hydrogen) atoms. The second-order valence-electron chi connectivity index (χ2n) is 3.58. The molecule has 0 aliphatic rings. The van der Waals surface area contributed by atoms with Crippen LogP contribution in [0.15, 0.2) is 18.3 Å². The topological polar surface area (TPSA) is 54.0 Å². The third-order valence-corrected chi connectivity index (χ3v) is 2.07. The number of carbonyl (C=O) groups excluding carboxylic acids is 1. The Labute approximate surface area is 103 Å². The van der Waals surface area contributed by atoms with Crippen LogP contribution in [0.5, 0.6) is 0 Å². The van der Waals surface area contributed by atoms with Crippen molar-refractivity contribution in [2.45, 2.75) is 19.5 Å². The van der Waals surface area contributed by atoms with Crippen LogP contribution in [0.2, 0.25) is 0 Å². The molecule has 0 spiro atoms. The fraction of sp³-hybridized carbons (Fsp3) is 0.455. The summed E-state index contributed by atoms with van der Waals surface area (Å²) in [5.74, 6) is -0.350. The zero-order valence-corrected chi connectivity index (χ0v) is 9.84. The minimum absolute atomic E-state index is 0.175. The number of carbonyl (C=O) groups is 1. The molecule has 7 heteroatoms. The minimum Gasteiger partial charge on any atom is -0.385 e. The molecule has 2 N–H and O–H groups in total. The van der Waals surface area contributed by atoms with Gasteiger partial charge in [0.25, 0.3) is 5.91 Å². The van der Waals surface area contributed by atoms with Crippen LogP contribution >= 0.6 is 0 Å². The molecule has 4 nitrogen and oxygen atoms in total. The zero-order valence-electron chi connectivity index (χ0n) is 9.84. The second-order valence-corrected chi connectivity index (χ2v) is 3.58. The molecule has 0 atom stereocenters. The van der Waals surface area contributed by atoms with Crippen molar-refractivity contribution in [2.24, 2.45) is 0 Å². The van der Waals surface area contributed by atoms with Crippen LogP contribution < -0.4 is 10.6 Å². The van der Waals surface area contributed by atoms with Crippen LogP contribution in [-0.2, 0) is 0 Å². The van der Waals surface area contributed by atoms with Gasteiger partial charge in [-0.25, -0.2) is 0 Å². The van der Waals surface area contributed by atoms with Gasteiger partial charge in [0.05, 0.1) is 6.42 Å². The predicted octanol–water partition coefficient (Wildman–Crippen LogP) is 2.20. The third-order valence-electron chi connectivity index (χ3n) is 2.07. The molecule has 0 bridgehead atoms. The number of pyridine rings is 1. The molecular formula is C11H14F3N3O. The Bertz CT molecular complexity index is 407. The summed E-state index contributed by atoms with van der Waals surface area (Å²) in [5.41, 5.74) is 0.615. The zero-order chi connectivity index (χ0) is 13.6. The highest BCUT2D eigenvalue weighted by Crippen LogP contribution is 2.19. The second kappa shape index (κ2) is 6.23. The molecule has 1 amide bonds. The number of alkyl halides is 3. The third kappa shape index (κ3) is 5.03. The fourth-order valence-electron chi connectivity index (χ4n) is 1.26. The summed E-state index contributed by atoms with van der Waals surface area (Å²) in [6.07, 6.45) is -3.74. The number of nitrogens with one attached hydrogen (secondary N) is 2. The van der Waals surface area contributed by atoms with E-state index in [-0.39, 0.29) is 18.1 Å². The molecule has 0 saturated carbocycles. The van der Waals surface area contributed by atoms with Gasteiger partial charge in [-0.05, 0) is 19.1 Å². The van der Waals surface area contributed by atoms with E-state index in [2.05, 4.69) is 15.6 Å². The van der Waals surface area contributed by atoms with Crippen LogP contribution in [0.25, 0.3) is 0 Å². The fourth-order valence-corrected chi connectivity index (χ4v) is 1.26. The van der Waals surface area contributed by atoms with Gasteiger partial charge in [0.2, 0.25) is 0 Å². The van der Waals surface area contributed by atoms with E-state index in [1.54, 1.807) is 6.92 Å². The van der Waals surface area contributed by atoms with Crippen LogP contribution in [-0.4, -0.2) is 30.2 Å². The normalized spacial score (nSPS) is 11.1. The predicted molar refractivity (Wildman–Crippen MR) is 61.4 cm³/mol. The first-order chi connectivity index (χ1) is 8.42. The summed E-state index contributed by atoms with van der Waals surface area (Å²) < 4.78 is 35.8. The molecule has 0 fully saturated rings. The monoisotopic (exact) mass is 261 g/mol. The SMILES string of the molecule is CCNC(=O)c1cc(NCCC(F)(F)F)ccn1. The number of hydrogen-bond donors (Lipinski definition) is 2. The van der Waals surface area contributed by atoms with Gasteiger partial charge in [-0.3, -0.25) is 9.78 Å². The highest BCUT2D eigenvalue weighted by Gasteiger charge is 2.26. The summed E-state index contributed by atoms with van der Waals surface area (Å²) in [5, 5.41) is 5.16. The molecule has 0 aliphatic carbocycles. The Kier molecular flexibility index (Phi) is 4.94. The molecule has 1 aromatic heterocycles. The summed E-state index contributed by atoms with van der Waals surface area (Å²) >= 11 is 0. The average molecular weight is 261 g/mol. The molecule has 1 heterocycles. The Balaban J connectivity index is 2.57. The number of rotatable bonds is 5. The smallest absolute Gasteiger partial charge is 0.385 e. The van der Waals surface area contributed by atoms with Gasteiger partial charge in [0, 0.05) is 25.0 Å². The van der Waals surface area contributed by atoms with E-state index in [1.807, 2.05) is 0 Å². The van der Waals surface area contributed by atoms with Crippen molar-refractivity contribution in [1.82, 2.24) is 10.3 Å². The molecule has 0 saturated heterocycles. The van der Waals surface area contributed by atoms with Crippen LogP contribution in [0.4, 0.5) is 18.9 Å². The summed E-state index contributed by atoms with van der Waals surface area (Å²) in [6, 6.07) is 2.93. The Morgan fingerprint density at radius 2 is 2.17 bits per heavy atom. The molecule has 0 unspecified atom stereocenters. The quantitative estimate of drug-likeness (QED) is 0.854. The molecule has 0 aliphatic heterocycles. The first-order valence-corrected chi connectivity index (χ1v) is 5.47. The van der Waals surface area contributed by atoms with E-state index in [1.165, 1.54) is 18.3 Å². The van der Waals surface area contributed by atoms with Crippen molar-refractivity contribution in [3.63, 3.8) is 0 Å². The Morgan fingerprint density at radius 1 is 1.44 bits per heavy atom. The number of aromatic nitrogens is 1. The van der Waals surface area contributed by atoms with Gasteiger partial charge < -0.3 is 10.6 Å². The van der Waals surface area contributed by atoms with Crippen molar-refractivity contribution >= 4 is 11.6 Å². The number of hydrogen-bond acceptors (Lipinski definition) is 3. The van der Waals surface area contributed by atoms with Crippen molar-refractivity contribution < 1.29 is 18.0 Å². The lowest BCUT2D eigenvalue weighted by molar-refractivity contribution is -0.131. The van der Waals surface area contributed by atoms with E-state index < -0.39 is 12.6 Å². The highest BCUT2D eigenvalue weighted by atomic mass is 19.4. The lowest BCUT2D eigenvalue weighted by atomic mass is 10.3. The molecular weight excluding hydrogens is 247 g/mol. The van der Waals surface area contributed by atoms with Gasteiger partial charge >= 0.3 is 6.18 Å². The Hall–Kier alpha value is -1.79. The van der Waals surface area contributed by atoms with Gasteiger partial charge in [-0.2, -0.15) is 13.2 Å². The van der Waals surface area contributed by atoms with Crippen molar-refractivity contribution in [3.05, 3.63) is 24.0 Å². The number of amides is 1. The van der Waals surface area contributed by atoms with Gasteiger partial charge in [0.1, 0.15) is 5.69 Å². The summed E-state index contributed by atoms with van der Waals surface area (Å²) in [4.78, 5) is 15.3. The Morgan fingerprint density at radius 3 is 2.78 bits per heavy atom.